The Morgan fingerprint density at radius 2 is 1.79 bits per heavy atom. The van der Waals surface area contributed by atoms with Crippen molar-refractivity contribution in [2.45, 2.75) is 6.92 Å². The molecule has 0 fully saturated rings. The highest BCUT2D eigenvalue weighted by molar-refractivity contribution is 7.20. The van der Waals surface area contributed by atoms with Crippen molar-refractivity contribution >= 4 is 27.3 Å². The predicted octanol–water partition coefficient (Wildman–Crippen LogP) is 3.19. The highest BCUT2D eigenvalue weighted by Gasteiger charge is 2.15. The summed E-state index contributed by atoms with van der Waals surface area (Å²) in [6.45, 7) is 1.89. The van der Waals surface area contributed by atoms with Crippen molar-refractivity contribution in [3.63, 3.8) is 0 Å². The third kappa shape index (κ3) is 3.79. The van der Waals surface area contributed by atoms with Gasteiger partial charge in [0.1, 0.15) is 11.5 Å². The molecule has 0 saturated carbocycles. The minimum Gasteiger partial charge on any atom is -0.497 e. The van der Waals surface area contributed by atoms with Gasteiger partial charge in [-0.05, 0) is 43.3 Å². The van der Waals surface area contributed by atoms with Crippen molar-refractivity contribution in [2.24, 2.45) is 0 Å². The number of nitrogens with one attached hydrogen (secondary N) is 1. The fourth-order valence-corrected chi connectivity index (χ4v) is 3.28. The number of fused-ring (bicyclic) bond motifs is 1. The van der Waals surface area contributed by atoms with Crippen LogP contribution in [0.2, 0.25) is 0 Å². The molecule has 0 aliphatic rings. The number of benzene rings is 2. The van der Waals surface area contributed by atoms with Gasteiger partial charge in [-0.15, -0.1) is 15.3 Å². The lowest BCUT2D eigenvalue weighted by Crippen LogP contribution is -2.20. The second-order valence-corrected chi connectivity index (χ2v) is 6.96. The van der Waals surface area contributed by atoms with Gasteiger partial charge in [0.15, 0.2) is 12.4 Å². The lowest BCUT2D eigenvalue weighted by molar-refractivity contribution is -0.118. The molecule has 0 aliphatic carbocycles. The number of ether oxygens (including phenoxy) is 2. The van der Waals surface area contributed by atoms with Gasteiger partial charge < -0.3 is 9.47 Å². The van der Waals surface area contributed by atoms with E-state index >= 15 is 0 Å². The highest BCUT2D eigenvalue weighted by atomic mass is 32.1. The molecule has 4 rings (SSSR count). The average Bonchev–Trinajstić information content (AvgIpc) is 3.28. The Balaban J connectivity index is 1.45. The highest BCUT2D eigenvalue weighted by Crippen LogP contribution is 2.25. The number of hydrogen-bond donors (Lipinski definition) is 1. The van der Waals surface area contributed by atoms with E-state index in [0.717, 1.165) is 16.9 Å². The molecule has 4 aromatic rings. The smallest absolute Gasteiger partial charge is 0.264 e. The van der Waals surface area contributed by atoms with Crippen molar-refractivity contribution in [3.8, 4) is 22.9 Å². The maximum Gasteiger partial charge on any atom is 0.264 e. The summed E-state index contributed by atoms with van der Waals surface area (Å²) in [7, 11) is 1.61. The minimum atomic E-state index is -0.295. The molecule has 0 atom stereocenters. The molecule has 142 valence electrons. The molecule has 28 heavy (non-hydrogen) atoms. The van der Waals surface area contributed by atoms with E-state index in [-0.39, 0.29) is 12.5 Å². The lowest BCUT2D eigenvalue weighted by Gasteiger charge is -2.05. The Bertz CT molecular complexity index is 1100. The number of carbonyl (C=O) groups excluding carboxylic acids is 1. The zero-order valence-electron chi connectivity index (χ0n) is 15.2. The minimum absolute atomic E-state index is 0.103. The number of aromatic nitrogens is 4. The van der Waals surface area contributed by atoms with Crippen LogP contribution in [0.25, 0.3) is 16.3 Å². The van der Waals surface area contributed by atoms with E-state index in [1.54, 1.807) is 11.6 Å². The summed E-state index contributed by atoms with van der Waals surface area (Å²) in [5, 5.41) is 15.8. The number of amides is 1. The monoisotopic (exact) mass is 395 g/mol. The molecule has 8 nitrogen and oxygen atoms in total. The Labute approximate surface area is 164 Å². The Morgan fingerprint density at radius 1 is 1.07 bits per heavy atom. The summed E-state index contributed by atoms with van der Waals surface area (Å²) in [6.07, 6.45) is 0. The molecule has 2 aromatic heterocycles. The zero-order chi connectivity index (χ0) is 19.5. The van der Waals surface area contributed by atoms with E-state index in [1.807, 2.05) is 55.5 Å². The first kappa shape index (κ1) is 17.9. The van der Waals surface area contributed by atoms with Crippen LogP contribution in [0, 0.1) is 6.92 Å². The summed E-state index contributed by atoms with van der Waals surface area (Å²) in [6, 6.07) is 14.9. The number of carbonyl (C=O) groups is 1. The lowest BCUT2D eigenvalue weighted by atomic mass is 10.2. The van der Waals surface area contributed by atoms with E-state index < -0.39 is 0 Å². The first-order valence-corrected chi connectivity index (χ1v) is 9.30. The molecule has 9 heteroatoms. The van der Waals surface area contributed by atoms with Crippen LogP contribution < -0.4 is 14.8 Å². The fraction of sp³-hybridized carbons (Fsp3) is 0.158. The van der Waals surface area contributed by atoms with Crippen LogP contribution in [-0.2, 0) is 4.79 Å². The molecular weight excluding hydrogens is 378 g/mol. The van der Waals surface area contributed by atoms with Gasteiger partial charge >= 0.3 is 0 Å². The summed E-state index contributed by atoms with van der Waals surface area (Å²) in [5.74, 6) is 1.69. The van der Waals surface area contributed by atoms with Gasteiger partial charge in [0, 0.05) is 5.56 Å². The molecule has 0 bridgehead atoms. The molecule has 1 N–H and O–H groups in total. The molecule has 0 saturated heterocycles. The number of hydrogen-bond acceptors (Lipinski definition) is 7. The van der Waals surface area contributed by atoms with Crippen LogP contribution in [0.5, 0.6) is 11.5 Å². The van der Waals surface area contributed by atoms with Gasteiger partial charge in [-0.2, -0.15) is 4.52 Å². The van der Waals surface area contributed by atoms with Crippen LogP contribution in [0.1, 0.15) is 5.56 Å². The van der Waals surface area contributed by atoms with Gasteiger partial charge in [0.2, 0.25) is 10.1 Å². The van der Waals surface area contributed by atoms with Gasteiger partial charge in [-0.1, -0.05) is 29.0 Å². The maximum atomic E-state index is 12.1. The summed E-state index contributed by atoms with van der Waals surface area (Å²) in [5.41, 5.74) is 1.98. The van der Waals surface area contributed by atoms with Crippen molar-refractivity contribution in [3.05, 3.63) is 54.1 Å². The van der Waals surface area contributed by atoms with Gasteiger partial charge in [-0.3, -0.25) is 10.1 Å². The van der Waals surface area contributed by atoms with Crippen LogP contribution in [0.15, 0.2) is 48.5 Å². The van der Waals surface area contributed by atoms with Gasteiger partial charge in [-0.25, -0.2) is 0 Å². The number of anilines is 1. The van der Waals surface area contributed by atoms with Crippen molar-refractivity contribution in [1.29, 1.82) is 0 Å². The summed E-state index contributed by atoms with van der Waals surface area (Å²) >= 11 is 1.24. The second kappa shape index (κ2) is 7.65. The molecule has 0 unspecified atom stereocenters. The van der Waals surface area contributed by atoms with E-state index in [9.17, 15) is 4.79 Å². The Morgan fingerprint density at radius 3 is 2.50 bits per heavy atom. The molecule has 1 amide bonds. The summed E-state index contributed by atoms with van der Waals surface area (Å²) in [4.78, 5) is 12.7. The van der Waals surface area contributed by atoms with Gasteiger partial charge in [0.05, 0.1) is 7.11 Å². The molecular formula is C19H17N5O3S. The van der Waals surface area contributed by atoms with Crippen LogP contribution in [-0.4, -0.2) is 39.4 Å². The second-order valence-electron chi connectivity index (χ2n) is 6.00. The molecule has 0 aliphatic heterocycles. The average molecular weight is 395 g/mol. The van der Waals surface area contributed by atoms with Crippen molar-refractivity contribution in [2.75, 3.05) is 19.0 Å². The topological polar surface area (TPSA) is 90.6 Å². The Hall–Kier alpha value is -3.46. The standard InChI is InChI=1S/C19H17N5O3S/c1-12-3-7-15(8-4-12)27-11-16(25)20-18-23-24-17(21-22-19(24)28-18)13-5-9-14(26-2)10-6-13/h3-10H,11H2,1-2H3,(H,20,23,25). The molecule has 2 heterocycles. The van der Waals surface area contributed by atoms with Gasteiger partial charge in [0.25, 0.3) is 5.91 Å². The van der Waals surface area contributed by atoms with Crippen molar-refractivity contribution in [1.82, 2.24) is 19.8 Å². The van der Waals surface area contributed by atoms with E-state index in [1.165, 1.54) is 11.3 Å². The SMILES string of the molecule is COc1ccc(-c2nnc3sc(NC(=O)COc4ccc(C)cc4)nn23)cc1. The van der Waals surface area contributed by atoms with E-state index in [4.69, 9.17) is 9.47 Å². The fourth-order valence-electron chi connectivity index (χ4n) is 2.53. The van der Waals surface area contributed by atoms with Crippen LogP contribution in [0.3, 0.4) is 0 Å². The first-order chi connectivity index (χ1) is 13.6. The van der Waals surface area contributed by atoms with E-state index in [0.29, 0.717) is 21.7 Å². The third-order valence-corrected chi connectivity index (χ3v) is 4.79. The summed E-state index contributed by atoms with van der Waals surface area (Å²) < 4.78 is 12.3. The normalized spacial score (nSPS) is 10.8. The number of methoxy groups -OCH3 is 1. The first-order valence-electron chi connectivity index (χ1n) is 8.48. The van der Waals surface area contributed by atoms with Crippen LogP contribution in [0.4, 0.5) is 5.13 Å². The molecule has 2 aromatic carbocycles. The zero-order valence-corrected chi connectivity index (χ0v) is 16.1. The predicted molar refractivity (Wildman–Crippen MR) is 106 cm³/mol. The van der Waals surface area contributed by atoms with Crippen LogP contribution >= 0.6 is 11.3 Å². The maximum absolute atomic E-state index is 12.1. The number of nitrogens with zero attached hydrogens (tertiary/aromatic N) is 4. The van der Waals surface area contributed by atoms with Crippen molar-refractivity contribution < 1.29 is 14.3 Å². The van der Waals surface area contributed by atoms with E-state index in [2.05, 4.69) is 20.6 Å². The quantitative estimate of drug-likeness (QED) is 0.539. The number of aryl methyl sites for hydroxylation is 1. The largest absolute Gasteiger partial charge is 0.497 e. The number of rotatable bonds is 6. The third-order valence-electron chi connectivity index (χ3n) is 3.98. The Kier molecular flexibility index (Phi) is 4.90. The molecule has 0 spiro atoms. The molecule has 0 radical (unpaired) electrons.